The van der Waals surface area contributed by atoms with Gasteiger partial charge in [0.15, 0.2) is 5.11 Å². The summed E-state index contributed by atoms with van der Waals surface area (Å²) in [6.45, 7) is 6.24. The van der Waals surface area contributed by atoms with E-state index in [0.29, 0.717) is 6.54 Å². The van der Waals surface area contributed by atoms with Gasteiger partial charge in [0.1, 0.15) is 0 Å². The summed E-state index contributed by atoms with van der Waals surface area (Å²) in [6, 6.07) is 8.11. The molecule has 0 aliphatic heterocycles. The quantitative estimate of drug-likeness (QED) is 0.326. The summed E-state index contributed by atoms with van der Waals surface area (Å²) in [6.07, 6.45) is 1.06. The fourth-order valence-electron chi connectivity index (χ4n) is 3.04. The maximum absolute atomic E-state index is 12.6. The topological polar surface area (TPSA) is 57.0 Å². The molecule has 0 unspecified atom stereocenters. The first kappa shape index (κ1) is 22.3. The normalized spacial score (nSPS) is 11.4. The number of hydrogen-bond acceptors (Lipinski definition) is 2. The molecule has 1 heterocycles. The number of fused-ring (bicyclic) bond motifs is 1. The van der Waals surface area contributed by atoms with Gasteiger partial charge in [-0.25, -0.2) is 0 Å². The van der Waals surface area contributed by atoms with Crippen LogP contribution in [0.4, 0.5) is 0 Å². The van der Waals surface area contributed by atoms with Gasteiger partial charge in [-0.05, 0) is 42.2 Å². The van der Waals surface area contributed by atoms with Gasteiger partial charge < -0.3 is 25.0 Å². The zero-order valence-corrected chi connectivity index (χ0v) is 18.6. The molecule has 6 nitrogen and oxygen atoms in total. The molecule has 0 aliphatic rings. The number of H-pyrrole nitrogens is 1. The third-order valence-electron chi connectivity index (χ3n) is 4.74. The Morgan fingerprint density at radius 1 is 1.14 bits per heavy atom. The lowest BCUT2D eigenvalue weighted by Crippen LogP contribution is -3.06. The highest BCUT2D eigenvalue weighted by atomic mass is 32.1. The van der Waals surface area contributed by atoms with Crippen molar-refractivity contribution in [2.24, 2.45) is 0 Å². The SMILES string of the molecule is Cc1ccc2cc(CN(CC[NH+](C)C)C(=S)NCCC[NH+](C)C)c(=O)[nH]c2c1. The van der Waals surface area contributed by atoms with E-state index in [0.717, 1.165) is 59.7 Å². The van der Waals surface area contributed by atoms with Crippen molar-refractivity contribution in [3.63, 3.8) is 0 Å². The molecule has 2 aromatic rings. The van der Waals surface area contributed by atoms with E-state index in [9.17, 15) is 4.79 Å². The Hall–Kier alpha value is -1.96. The Labute approximate surface area is 173 Å². The number of pyridine rings is 1. The van der Waals surface area contributed by atoms with Crippen LogP contribution in [0, 0.1) is 6.92 Å². The molecule has 0 bridgehead atoms. The van der Waals surface area contributed by atoms with E-state index in [2.05, 4.69) is 55.5 Å². The van der Waals surface area contributed by atoms with E-state index in [1.54, 1.807) is 0 Å². The van der Waals surface area contributed by atoms with Gasteiger partial charge in [0.2, 0.25) is 0 Å². The maximum Gasteiger partial charge on any atom is 0.253 e. The van der Waals surface area contributed by atoms with Crippen molar-refractivity contribution in [1.82, 2.24) is 15.2 Å². The molecule has 154 valence electrons. The predicted octanol–water partition coefficient (Wildman–Crippen LogP) is -0.808. The lowest BCUT2D eigenvalue weighted by molar-refractivity contribution is -0.858. The third-order valence-corrected chi connectivity index (χ3v) is 5.14. The molecule has 7 heteroatoms. The number of hydrogen-bond donors (Lipinski definition) is 4. The van der Waals surface area contributed by atoms with Crippen LogP contribution < -0.4 is 20.7 Å². The summed E-state index contributed by atoms with van der Waals surface area (Å²) in [4.78, 5) is 20.5. The summed E-state index contributed by atoms with van der Waals surface area (Å²) >= 11 is 5.65. The molecule has 0 spiro atoms. The first-order valence-corrected chi connectivity index (χ1v) is 10.4. The second-order valence-corrected chi connectivity index (χ2v) is 8.52. The van der Waals surface area contributed by atoms with Gasteiger partial charge in [0, 0.05) is 24.0 Å². The summed E-state index contributed by atoms with van der Waals surface area (Å²) in [5, 5.41) is 5.14. The summed E-state index contributed by atoms with van der Waals surface area (Å²) < 4.78 is 0. The van der Waals surface area contributed by atoms with Crippen LogP contribution in [0.2, 0.25) is 0 Å². The van der Waals surface area contributed by atoms with E-state index in [1.165, 1.54) is 9.80 Å². The maximum atomic E-state index is 12.6. The fraction of sp³-hybridized carbons (Fsp3) is 0.524. The van der Waals surface area contributed by atoms with Crippen molar-refractivity contribution in [3.8, 4) is 0 Å². The third kappa shape index (κ3) is 6.89. The molecule has 1 aromatic heterocycles. The van der Waals surface area contributed by atoms with Crippen LogP contribution in [-0.2, 0) is 6.54 Å². The smallest absolute Gasteiger partial charge is 0.253 e. The number of likely N-dealkylation sites (N-methyl/N-ethyl adjacent to an activating group) is 1. The summed E-state index contributed by atoms with van der Waals surface area (Å²) in [5.41, 5.74) is 2.72. The summed E-state index contributed by atoms with van der Waals surface area (Å²) in [7, 11) is 8.55. The molecule has 0 fully saturated rings. The number of rotatable bonds is 9. The predicted molar refractivity (Wildman–Crippen MR) is 120 cm³/mol. The number of aryl methyl sites for hydroxylation is 1. The minimum atomic E-state index is -0.0423. The van der Waals surface area contributed by atoms with Gasteiger partial charge in [-0.15, -0.1) is 0 Å². The van der Waals surface area contributed by atoms with Gasteiger partial charge in [0.25, 0.3) is 5.56 Å². The van der Waals surface area contributed by atoms with Crippen LogP contribution >= 0.6 is 12.2 Å². The Bertz CT molecular complexity index is 846. The Morgan fingerprint density at radius 2 is 1.86 bits per heavy atom. The van der Waals surface area contributed by atoms with E-state index in [4.69, 9.17) is 12.2 Å². The number of nitrogens with one attached hydrogen (secondary N) is 4. The first-order valence-electron chi connectivity index (χ1n) is 9.99. The van der Waals surface area contributed by atoms with Gasteiger partial charge in [0.05, 0.1) is 54.4 Å². The van der Waals surface area contributed by atoms with Crippen LogP contribution in [0.25, 0.3) is 10.9 Å². The lowest BCUT2D eigenvalue weighted by Gasteiger charge is -2.26. The molecule has 1 aromatic carbocycles. The Balaban J connectivity index is 2.13. The van der Waals surface area contributed by atoms with Crippen LogP contribution in [-0.4, -0.2) is 69.4 Å². The van der Waals surface area contributed by atoms with Crippen LogP contribution in [0.5, 0.6) is 0 Å². The van der Waals surface area contributed by atoms with Gasteiger partial charge in [-0.2, -0.15) is 0 Å². The van der Waals surface area contributed by atoms with Crippen LogP contribution in [0.1, 0.15) is 17.5 Å². The van der Waals surface area contributed by atoms with E-state index < -0.39 is 0 Å². The highest BCUT2D eigenvalue weighted by molar-refractivity contribution is 7.80. The molecular weight excluding hydrogens is 370 g/mol. The van der Waals surface area contributed by atoms with Crippen molar-refractivity contribution < 1.29 is 9.80 Å². The average Bonchev–Trinajstić information content (AvgIpc) is 2.62. The molecule has 0 atom stereocenters. The lowest BCUT2D eigenvalue weighted by atomic mass is 10.1. The molecule has 0 amide bonds. The van der Waals surface area contributed by atoms with Gasteiger partial charge in [-0.3, -0.25) is 4.79 Å². The first-order chi connectivity index (χ1) is 13.3. The summed E-state index contributed by atoms with van der Waals surface area (Å²) in [5.74, 6) is 0. The second-order valence-electron chi connectivity index (χ2n) is 8.14. The molecule has 0 aliphatic carbocycles. The fourth-order valence-corrected chi connectivity index (χ4v) is 3.30. The van der Waals surface area contributed by atoms with Crippen molar-refractivity contribution in [3.05, 3.63) is 45.7 Å². The standard InChI is InChI=1S/C21H33N5OS/c1-16-7-8-17-14-18(20(27)23-19(17)13-16)15-26(12-11-25(4)5)21(28)22-9-6-10-24(2)3/h7-8,13-14H,6,9-12,15H2,1-5H3,(H,22,28)(H,23,27)/p+2. The van der Waals surface area contributed by atoms with Crippen molar-refractivity contribution in [2.45, 2.75) is 19.9 Å². The van der Waals surface area contributed by atoms with E-state index in [1.807, 2.05) is 19.1 Å². The molecular formula is C21H35N5OS+2. The Morgan fingerprint density at radius 3 is 2.54 bits per heavy atom. The Kier molecular flexibility index (Phi) is 8.41. The monoisotopic (exact) mass is 405 g/mol. The van der Waals surface area contributed by atoms with Crippen LogP contribution in [0.3, 0.4) is 0 Å². The number of aromatic nitrogens is 1. The largest absolute Gasteiger partial charge is 0.362 e. The number of aromatic amines is 1. The van der Waals surface area contributed by atoms with Crippen molar-refractivity contribution >= 4 is 28.2 Å². The zero-order valence-electron chi connectivity index (χ0n) is 17.8. The number of quaternary nitrogens is 2. The molecule has 4 N–H and O–H groups in total. The zero-order chi connectivity index (χ0) is 20.7. The van der Waals surface area contributed by atoms with Crippen molar-refractivity contribution in [2.75, 3.05) is 54.4 Å². The molecule has 0 radical (unpaired) electrons. The molecule has 0 saturated heterocycles. The number of thiocarbonyl (C=S) groups is 1. The highest BCUT2D eigenvalue weighted by Crippen LogP contribution is 2.14. The second kappa shape index (κ2) is 10.5. The minimum absolute atomic E-state index is 0.0423. The van der Waals surface area contributed by atoms with Crippen molar-refractivity contribution in [1.29, 1.82) is 0 Å². The van der Waals surface area contributed by atoms with E-state index >= 15 is 0 Å². The number of benzene rings is 1. The molecule has 2 rings (SSSR count). The van der Waals surface area contributed by atoms with Crippen LogP contribution in [0.15, 0.2) is 29.1 Å². The van der Waals surface area contributed by atoms with Gasteiger partial charge in [-0.1, -0.05) is 12.1 Å². The molecule has 0 saturated carbocycles. The highest BCUT2D eigenvalue weighted by Gasteiger charge is 2.14. The van der Waals surface area contributed by atoms with Gasteiger partial charge >= 0.3 is 0 Å². The average molecular weight is 406 g/mol. The molecule has 28 heavy (non-hydrogen) atoms. The minimum Gasteiger partial charge on any atom is -0.362 e. The number of nitrogens with zero attached hydrogens (tertiary/aromatic N) is 1. The van der Waals surface area contributed by atoms with E-state index in [-0.39, 0.29) is 5.56 Å².